The maximum Gasteiger partial charge on any atom is 0.249 e. The van der Waals surface area contributed by atoms with Gasteiger partial charge in [-0.3, -0.25) is 0 Å². The second-order valence-electron chi connectivity index (χ2n) is 5.16. The Morgan fingerprint density at radius 2 is 1.16 bits per heavy atom. The van der Waals surface area contributed by atoms with Crippen LogP contribution in [0, 0.1) is 0 Å². The molecule has 116 valence electrons. The van der Waals surface area contributed by atoms with Gasteiger partial charge in [0.2, 0.25) is 6.16 Å². The van der Waals surface area contributed by atoms with Gasteiger partial charge < -0.3 is 19.5 Å². The highest BCUT2D eigenvalue weighted by molar-refractivity contribution is 5.50. The number of hydrogen-bond acceptors (Lipinski definition) is 2. The van der Waals surface area contributed by atoms with Gasteiger partial charge in [-0.1, -0.05) is 40.0 Å². The van der Waals surface area contributed by atoms with E-state index >= 15 is 0 Å². The molecular formula is C15H33NO3. The summed E-state index contributed by atoms with van der Waals surface area (Å²) in [5.41, 5.74) is 0. The molecule has 0 aliphatic rings. The standard InChI is InChI=1S/C14H32N.CH2O3/c1-5-9-12-15(8-4,13-10-6-2)14-11-7-3;2-1(3)4/h5-14H2,1-4H3;(H2,2,3,4)/q+1;/p-1. The van der Waals surface area contributed by atoms with Crippen molar-refractivity contribution in [1.29, 1.82) is 0 Å². The van der Waals surface area contributed by atoms with E-state index in [9.17, 15) is 0 Å². The third-order valence-corrected chi connectivity index (χ3v) is 3.63. The molecule has 0 aliphatic carbocycles. The molecule has 0 aromatic heterocycles. The SMILES string of the molecule is CCCC[N+](CC)(CCCC)CCCC.O=C([O-])O. The van der Waals surface area contributed by atoms with Crippen molar-refractivity contribution in [2.45, 2.75) is 66.2 Å². The van der Waals surface area contributed by atoms with Gasteiger partial charge in [0.05, 0.1) is 26.2 Å². The molecule has 4 heteroatoms. The molecule has 0 heterocycles. The Balaban J connectivity index is 0. The molecule has 1 N–H and O–H groups in total. The molecule has 0 aromatic carbocycles. The highest BCUT2D eigenvalue weighted by Gasteiger charge is 2.22. The van der Waals surface area contributed by atoms with Crippen molar-refractivity contribution in [3.8, 4) is 0 Å². The van der Waals surface area contributed by atoms with Crippen molar-refractivity contribution in [1.82, 2.24) is 0 Å². The van der Waals surface area contributed by atoms with Crippen molar-refractivity contribution < 1.29 is 19.5 Å². The Labute approximate surface area is 119 Å². The first kappa shape index (κ1) is 20.5. The minimum atomic E-state index is -2.08. The fraction of sp³-hybridized carbons (Fsp3) is 0.933. The third-order valence-electron chi connectivity index (χ3n) is 3.63. The maximum absolute atomic E-state index is 8.44. The highest BCUT2D eigenvalue weighted by atomic mass is 16.6. The lowest BCUT2D eigenvalue weighted by Crippen LogP contribution is -2.49. The van der Waals surface area contributed by atoms with E-state index in [1.807, 2.05) is 0 Å². The molecule has 0 radical (unpaired) electrons. The van der Waals surface area contributed by atoms with E-state index in [-0.39, 0.29) is 0 Å². The fourth-order valence-corrected chi connectivity index (χ4v) is 2.29. The van der Waals surface area contributed by atoms with Crippen LogP contribution in [0.15, 0.2) is 0 Å². The number of hydrogen-bond donors (Lipinski definition) is 1. The van der Waals surface area contributed by atoms with Crippen LogP contribution in [0.1, 0.15) is 66.2 Å². The molecule has 0 saturated carbocycles. The summed E-state index contributed by atoms with van der Waals surface area (Å²) in [4.78, 5) is 8.44. The van der Waals surface area contributed by atoms with E-state index in [4.69, 9.17) is 15.0 Å². The number of quaternary nitrogens is 1. The van der Waals surface area contributed by atoms with Crippen LogP contribution in [0.4, 0.5) is 4.79 Å². The monoisotopic (exact) mass is 275 g/mol. The van der Waals surface area contributed by atoms with E-state index in [1.54, 1.807) is 0 Å². The quantitative estimate of drug-likeness (QED) is 0.623. The maximum atomic E-state index is 8.44. The first-order valence-electron chi connectivity index (χ1n) is 7.73. The molecule has 0 aromatic rings. The Morgan fingerprint density at radius 3 is 1.32 bits per heavy atom. The van der Waals surface area contributed by atoms with E-state index in [0.29, 0.717) is 0 Å². The van der Waals surface area contributed by atoms with Crippen LogP contribution in [0.2, 0.25) is 0 Å². The zero-order valence-corrected chi connectivity index (χ0v) is 13.3. The molecule has 0 spiro atoms. The van der Waals surface area contributed by atoms with Crippen molar-refractivity contribution in [2.75, 3.05) is 26.2 Å². The van der Waals surface area contributed by atoms with Crippen molar-refractivity contribution in [3.63, 3.8) is 0 Å². The van der Waals surface area contributed by atoms with Gasteiger partial charge in [-0.05, 0) is 26.2 Å². The topological polar surface area (TPSA) is 60.4 Å². The van der Waals surface area contributed by atoms with Crippen LogP contribution >= 0.6 is 0 Å². The predicted molar refractivity (Wildman–Crippen MR) is 78.2 cm³/mol. The lowest BCUT2D eigenvalue weighted by molar-refractivity contribution is -0.927. The number of carbonyl (C=O) groups is 1. The highest BCUT2D eigenvalue weighted by Crippen LogP contribution is 2.14. The summed E-state index contributed by atoms with van der Waals surface area (Å²) in [7, 11) is 0. The fourth-order valence-electron chi connectivity index (χ4n) is 2.29. The second kappa shape index (κ2) is 13.7. The van der Waals surface area contributed by atoms with Crippen LogP contribution < -0.4 is 5.11 Å². The Kier molecular flexibility index (Phi) is 14.8. The molecule has 0 atom stereocenters. The Hall–Kier alpha value is -0.770. The Bertz CT molecular complexity index is 182. The number of rotatable bonds is 10. The molecular weight excluding hydrogens is 242 g/mol. The lowest BCUT2D eigenvalue weighted by atomic mass is 10.1. The largest absolute Gasteiger partial charge is 0.565 e. The molecule has 0 saturated heterocycles. The van der Waals surface area contributed by atoms with Gasteiger partial charge in [0.25, 0.3) is 0 Å². The van der Waals surface area contributed by atoms with Gasteiger partial charge in [0.1, 0.15) is 0 Å². The van der Waals surface area contributed by atoms with E-state index < -0.39 is 6.16 Å². The van der Waals surface area contributed by atoms with Gasteiger partial charge in [-0.15, -0.1) is 0 Å². The summed E-state index contributed by atoms with van der Waals surface area (Å²) >= 11 is 0. The molecule has 0 bridgehead atoms. The summed E-state index contributed by atoms with van der Waals surface area (Å²) in [6, 6.07) is 0. The summed E-state index contributed by atoms with van der Waals surface area (Å²) in [6.07, 6.45) is 6.17. The zero-order chi connectivity index (χ0) is 15.1. The van der Waals surface area contributed by atoms with Crippen LogP contribution in [0.25, 0.3) is 0 Å². The van der Waals surface area contributed by atoms with Gasteiger partial charge in [-0.25, -0.2) is 0 Å². The van der Waals surface area contributed by atoms with Crippen molar-refractivity contribution >= 4 is 6.16 Å². The molecule has 0 unspecified atom stereocenters. The average molecular weight is 275 g/mol. The van der Waals surface area contributed by atoms with Gasteiger partial charge in [0.15, 0.2) is 0 Å². The van der Waals surface area contributed by atoms with E-state index in [2.05, 4.69) is 27.7 Å². The van der Waals surface area contributed by atoms with Crippen molar-refractivity contribution in [2.24, 2.45) is 0 Å². The summed E-state index contributed by atoms with van der Waals surface area (Å²) in [5, 5.41) is 15.3. The molecule has 0 amide bonds. The van der Waals surface area contributed by atoms with Gasteiger partial charge in [-0.2, -0.15) is 0 Å². The molecule has 4 nitrogen and oxygen atoms in total. The van der Waals surface area contributed by atoms with E-state index in [0.717, 1.165) is 0 Å². The zero-order valence-electron chi connectivity index (χ0n) is 13.3. The van der Waals surface area contributed by atoms with Gasteiger partial charge in [0, 0.05) is 0 Å². The normalized spacial score (nSPS) is 10.7. The molecule has 0 fully saturated rings. The molecule has 19 heavy (non-hydrogen) atoms. The van der Waals surface area contributed by atoms with Crippen LogP contribution in [-0.4, -0.2) is 41.9 Å². The average Bonchev–Trinajstić information content (AvgIpc) is 2.38. The third kappa shape index (κ3) is 13.5. The van der Waals surface area contributed by atoms with Crippen LogP contribution in [0.5, 0.6) is 0 Å². The second-order valence-corrected chi connectivity index (χ2v) is 5.16. The first-order chi connectivity index (χ1) is 8.97. The van der Waals surface area contributed by atoms with Gasteiger partial charge >= 0.3 is 0 Å². The number of carboxylic acid groups (broad SMARTS) is 2. The Morgan fingerprint density at radius 1 is 0.895 bits per heavy atom. The number of nitrogens with zero attached hydrogens (tertiary/aromatic N) is 1. The smallest absolute Gasteiger partial charge is 0.249 e. The van der Waals surface area contributed by atoms with Crippen LogP contribution in [0.3, 0.4) is 0 Å². The predicted octanol–water partition coefficient (Wildman–Crippen LogP) is 3.11. The minimum absolute atomic E-state index is 1.33. The summed E-state index contributed by atoms with van der Waals surface area (Å²) in [6.45, 7) is 14.9. The molecule has 0 aliphatic heterocycles. The number of unbranched alkanes of at least 4 members (excludes halogenated alkanes) is 3. The van der Waals surface area contributed by atoms with Crippen molar-refractivity contribution in [3.05, 3.63) is 0 Å². The summed E-state index contributed by atoms with van der Waals surface area (Å²) < 4.78 is 1.38. The minimum Gasteiger partial charge on any atom is -0.565 e. The first-order valence-corrected chi connectivity index (χ1v) is 7.73. The van der Waals surface area contributed by atoms with E-state index in [1.165, 1.54) is 69.2 Å². The lowest BCUT2D eigenvalue weighted by Gasteiger charge is -2.38. The molecule has 0 rings (SSSR count). The van der Waals surface area contributed by atoms with Crippen LogP contribution in [-0.2, 0) is 0 Å². The summed E-state index contributed by atoms with van der Waals surface area (Å²) in [5.74, 6) is 0.